The molecule has 0 aliphatic rings. The highest BCUT2D eigenvalue weighted by Crippen LogP contribution is 2.19. The van der Waals surface area contributed by atoms with Gasteiger partial charge in [-0.1, -0.05) is 102 Å². The van der Waals surface area contributed by atoms with Crippen molar-refractivity contribution in [2.75, 3.05) is 41.3 Å². The molecule has 0 fully saturated rings. The molecule has 0 aromatic rings. The van der Waals surface area contributed by atoms with E-state index in [1.165, 1.54) is 54.8 Å². The van der Waals surface area contributed by atoms with E-state index >= 15 is 0 Å². The highest BCUT2D eigenvalue weighted by atomic mass is 35.5. The Labute approximate surface area is 375 Å². The summed E-state index contributed by atoms with van der Waals surface area (Å²) in [7, 11) is 5.79. The topological polar surface area (TPSA) is 186 Å². The molecule has 0 saturated carbocycles. The Morgan fingerprint density at radius 3 is 1.95 bits per heavy atom. The number of carbonyl (C=O) groups is 7. The molecule has 15 nitrogen and oxygen atoms in total. The van der Waals surface area contributed by atoms with Gasteiger partial charge in [0.25, 0.3) is 0 Å². The monoisotopic (exact) mass is 889 g/mol. The summed E-state index contributed by atoms with van der Waals surface area (Å²) in [5.74, 6) is -2.94. The summed E-state index contributed by atoms with van der Waals surface area (Å²) in [6, 6.07) is -5.73. The van der Waals surface area contributed by atoms with Gasteiger partial charge in [0.15, 0.2) is 0 Å². The summed E-state index contributed by atoms with van der Waals surface area (Å²) < 4.78 is 5.22. The number of halogens is 1. The van der Waals surface area contributed by atoms with E-state index in [2.05, 4.69) is 30.4 Å². The van der Waals surface area contributed by atoms with Crippen LogP contribution in [0.2, 0.25) is 0 Å². The first kappa shape index (κ1) is 57.0. The minimum absolute atomic E-state index is 0.0739. The van der Waals surface area contributed by atoms with E-state index in [4.69, 9.17) is 16.3 Å². The van der Waals surface area contributed by atoms with E-state index in [1.807, 2.05) is 34.6 Å². The molecule has 0 saturated heterocycles. The van der Waals surface area contributed by atoms with Crippen LogP contribution in [0.15, 0.2) is 72.1 Å². The molecule has 62 heavy (non-hydrogen) atoms. The summed E-state index contributed by atoms with van der Waals surface area (Å²) in [6.07, 6.45) is 9.61. The molecular formula is C46H73ClN6O9. The van der Waals surface area contributed by atoms with Crippen LogP contribution in [0.1, 0.15) is 87.0 Å². The Kier molecular flexibility index (Phi) is 26.9. The molecule has 16 heteroatoms. The summed E-state index contributed by atoms with van der Waals surface area (Å²) in [4.78, 5) is 99.0. The number of rotatable bonds is 30. The number of allylic oxidation sites excluding steroid dienone is 6. The van der Waals surface area contributed by atoms with Crippen LogP contribution in [0, 0.1) is 11.8 Å². The number of aliphatic hydroxyl groups excluding tert-OH is 1. The third-order valence-corrected chi connectivity index (χ3v) is 10.2. The minimum Gasteiger partial charge on any atom is -0.497 e. The molecular weight excluding hydrogens is 816 g/mol. The zero-order chi connectivity index (χ0) is 47.9. The summed E-state index contributed by atoms with van der Waals surface area (Å²) in [5.41, 5.74) is 1.03. The number of nitrogens with zero attached hydrogens (tertiary/aromatic N) is 4. The molecule has 6 atom stereocenters. The number of carbonyl (C=O) groups excluding carboxylic acids is 7. The van der Waals surface area contributed by atoms with Gasteiger partial charge in [0.2, 0.25) is 35.9 Å². The number of nitrogens with one attached hydrogen (secondary N) is 2. The van der Waals surface area contributed by atoms with E-state index in [1.54, 1.807) is 37.3 Å². The maximum atomic E-state index is 14.6. The van der Waals surface area contributed by atoms with Crippen molar-refractivity contribution in [2.24, 2.45) is 11.8 Å². The molecule has 0 aromatic carbocycles. The molecule has 0 radical (unpaired) electrons. The summed E-state index contributed by atoms with van der Waals surface area (Å²) >= 11 is 5.79. The molecule has 1 unspecified atom stereocenters. The molecule has 348 valence electrons. The quantitative estimate of drug-likeness (QED) is 0.0524. The Morgan fingerprint density at radius 2 is 1.45 bits per heavy atom. The highest BCUT2D eigenvalue weighted by molar-refractivity contribution is 6.30. The number of hydrogen-bond acceptors (Lipinski definition) is 9. The normalized spacial score (nSPS) is 14.6. The van der Waals surface area contributed by atoms with Crippen molar-refractivity contribution in [3.05, 3.63) is 72.1 Å². The molecule has 0 aliphatic carbocycles. The smallest absolute Gasteiger partial charge is 0.248 e. The van der Waals surface area contributed by atoms with Gasteiger partial charge < -0.3 is 44.9 Å². The lowest BCUT2D eigenvalue weighted by molar-refractivity contribution is -0.147. The third kappa shape index (κ3) is 20.2. The summed E-state index contributed by atoms with van der Waals surface area (Å²) in [6.45, 7) is 23.8. The van der Waals surface area contributed by atoms with Crippen LogP contribution in [-0.4, -0.2) is 145 Å². The first-order valence-corrected chi connectivity index (χ1v) is 21.3. The van der Waals surface area contributed by atoms with Gasteiger partial charge in [-0.2, -0.15) is 0 Å². The lowest BCUT2D eigenvalue weighted by Gasteiger charge is -2.35. The zero-order valence-corrected chi connectivity index (χ0v) is 39.6. The van der Waals surface area contributed by atoms with Gasteiger partial charge in [0, 0.05) is 39.1 Å². The number of amides is 6. The van der Waals surface area contributed by atoms with Crippen LogP contribution in [0.5, 0.6) is 0 Å². The molecule has 0 aliphatic heterocycles. The fourth-order valence-electron chi connectivity index (χ4n) is 6.30. The largest absolute Gasteiger partial charge is 0.497 e. The van der Waals surface area contributed by atoms with E-state index in [-0.39, 0.29) is 37.6 Å². The third-order valence-electron chi connectivity index (χ3n) is 10.1. The van der Waals surface area contributed by atoms with E-state index in [0.29, 0.717) is 53.9 Å². The average molecular weight is 890 g/mol. The standard InChI is InChI=1S/C46H73ClN6O9/c1-15-16-22-53(27-41(57)51(12)37(28-54)23-30(2)3)46(61)42(35(9)56)49-44(59)40(24-31(4)5)52(13)45(60)38(26-32(6)25-33(7)36(10)62-14)48-43(58)39(50(11)29-55)21-19-17-18-20-34(8)47/h17-20,25,28-31,35,37-40,42,56H,6,8,10,15-16,21-24,26-27H2,1-5,7,9,11-14H3,(H,48,58)(H,49,59)/b19-17+,20-18-,33-25-/t35-,37+,38+,39+,40+,42?/m1/s1. The Morgan fingerprint density at radius 1 is 0.855 bits per heavy atom. The van der Waals surface area contributed by atoms with Crippen LogP contribution in [0.25, 0.3) is 0 Å². The van der Waals surface area contributed by atoms with E-state index < -0.39 is 72.4 Å². The Balaban J connectivity index is 6.96. The molecule has 0 heterocycles. The van der Waals surface area contributed by atoms with Crippen LogP contribution in [-0.2, 0) is 38.3 Å². The Hall–Kier alpha value is -5.02. The van der Waals surface area contributed by atoms with Crippen molar-refractivity contribution in [3.63, 3.8) is 0 Å². The van der Waals surface area contributed by atoms with Gasteiger partial charge in [-0.05, 0) is 63.0 Å². The fourth-order valence-corrected chi connectivity index (χ4v) is 6.37. The van der Waals surface area contributed by atoms with E-state index in [0.717, 1.165) is 0 Å². The first-order valence-electron chi connectivity index (χ1n) is 21.0. The van der Waals surface area contributed by atoms with Gasteiger partial charge >= 0.3 is 0 Å². The number of likely N-dealkylation sites (N-methyl/N-ethyl adjacent to an activating group) is 3. The summed E-state index contributed by atoms with van der Waals surface area (Å²) in [5, 5.41) is 16.7. The fraction of sp³-hybridized carbons (Fsp3) is 0.587. The van der Waals surface area contributed by atoms with Crippen LogP contribution in [0.4, 0.5) is 0 Å². The van der Waals surface area contributed by atoms with Crippen LogP contribution in [0.3, 0.4) is 0 Å². The average Bonchev–Trinajstić information content (AvgIpc) is 3.20. The molecule has 0 rings (SSSR count). The van der Waals surface area contributed by atoms with Crippen molar-refractivity contribution < 1.29 is 43.4 Å². The van der Waals surface area contributed by atoms with E-state index in [9.17, 15) is 38.7 Å². The Bertz CT molecular complexity index is 1660. The van der Waals surface area contributed by atoms with Crippen molar-refractivity contribution >= 4 is 53.8 Å². The molecule has 0 aromatic heterocycles. The van der Waals surface area contributed by atoms with Crippen LogP contribution >= 0.6 is 11.6 Å². The second kappa shape index (κ2) is 29.3. The number of ether oxygens (including phenoxy) is 1. The number of aldehydes is 1. The van der Waals surface area contributed by atoms with Crippen molar-refractivity contribution in [1.82, 2.24) is 30.2 Å². The van der Waals surface area contributed by atoms with Crippen molar-refractivity contribution in [3.8, 4) is 0 Å². The van der Waals surface area contributed by atoms with Crippen molar-refractivity contribution in [1.29, 1.82) is 0 Å². The molecule has 3 N–H and O–H groups in total. The SMILES string of the molecule is C=C(Cl)/C=C\C=C\C[C@@H](C(=O)N[C@@H](CC(=C)/C=C(/C)C(=C)OC)C(=O)N(C)[C@@H](CC(C)C)C(=O)NC(C(=O)N(CCCC)CC(=O)N(C)[C@H](C=O)CC(C)C)[C@@H](C)O)N(C)C=O. The highest BCUT2D eigenvalue weighted by Gasteiger charge is 2.38. The molecule has 0 bridgehead atoms. The number of aliphatic hydroxyl groups is 1. The lowest BCUT2D eigenvalue weighted by Crippen LogP contribution is -2.61. The van der Waals surface area contributed by atoms with Gasteiger partial charge in [-0.15, -0.1) is 0 Å². The molecule has 6 amide bonds. The van der Waals surface area contributed by atoms with Crippen LogP contribution < -0.4 is 10.6 Å². The van der Waals surface area contributed by atoms with Gasteiger partial charge in [0.1, 0.15) is 36.2 Å². The zero-order valence-electron chi connectivity index (χ0n) is 38.8. The second-order valence-corrected chi connectivity index (χ2v) is 16.9. The minimum atomic E-state index is -1.50. The first-order chi connectivity index (χ1) is 29.0. The number of unbranched alkanes of at least 4 members (excludes halogenated alkanes) is 1. The van der Waals surface area contributed by atoms with Gasteiger partial charge in [0.05, 0.1) is 25.8 Å². The second-order valence-electron chi connectivity index (χ2n) is 16.4. The maximum Gasteiger partial charge on any atom is 0.248 e. The number of hydrogen-bond donors (Lipinski definition) is 3. The predicted molar refractivity (Wildman–Crippen MR) is 244 cm³/mol. The molecule has 0 spiro atoms. The predicted octanol–water partition coefficient (Wildman–Crippen LogP) is 4.68. The number of methoxy groups -OCH3 is 1. The van der Waals surface area contributed by atoms with Gasteiger partial charge in [-0.25, -0.2) is 0 Å². The van der Waals surface area contributed by atoms with Crippen molar-refractivity contribution in [2.45, 2.75) is 123 Å². The lowest BCUT2D eigenvalue weighted by atomic mass is 9.98. The maximum absolute atomic E-state index is 14.6. The van der Waals surface area contributed by atoms with Gasteiger partial charge in [-0.3, -0.25) is 28.8 Å².